The van der Waals surface area contributed by atoms with Crippen molar-refractivity contribution >= 4 is 28.9 Å². The molecule has 9 heteroatoms. The summed E-state index contributed by atoms with van der Waals surface area (Å²) in [5, 5.41) is 9.83. The Bertz CT molecular complexity index is 911. The summed E-state index contributed by atoms with van der Waals surface area (Å²) in [5.74, 6) is -0.416. The second kappa shape index (κ2) is 8.10. The molecule has 1 aliphatic rings. The second-order valence-corrected chi connectivity index (χ2v) is 7.75. The minimum Gasteiger partial charge on any atom is -0.480 e. The number of aromatic nitrogens is 2. The van der Waals surface area contributed by atoms with E-state index in [2.05, 4.69) is 9.97 Å². The normalized spacial score (nSPS) is 17.3. The van der Waals surface area contributed by atoms with Crippen LogP contribution < -0.4 is 9.64 Å². The topological polar surface area (TPSA) is 105 Å². The third kappa shape index (κ3) is 4.67. The molecule has 0 saturated carbocycles. The summed E-state index contributed by atoms with van der Waals surface area (Å²) < 4.78 is 11.0. The van der Waals surface area contributed by atoms with Gasteiger partial charge in [0.25, 0.3) is 5.88 Å². The molecular formula is C20H26N4O5. The molecule has 1 fully saturated rings. The standard InChI is InChI=1S/C20H26N4O5/c1-5-28-17-16(21-13-8-6-7-9-14(13)22-17)24-11-10-23(12-15(24)18(25)26)19(27)29-20(2,3)4/h6-9,15H,5,10-12H2,1-4H3,(H,25,26). The number of nitrogens with zero attached hydrogens (tertiary/aromatic N) is 4. The third-order valence-electron chi connectivity index (χ3n) is 4.39. The predicted molar refractivity (Wildman–Crippen MR) is 107 cm³/mol. The van der Waals surface area contributed by atoms with E-state index in [-0.39, 0.29) is 19.0 Å². The number of amides is 1. The van der Waals surface area contributed by atoms with Crippen molar-refractivity contribution in [3.8, 4) is 5.88 Å². The number of hydrogen-bond acceptors (Lipinski definition) is 7. The van der Waals surface area contributed by atoms with Crippen LogP contribution in [-0.4, -0.2) is 69.9 Å². The molecule has 2 heterocycles. The van der Waals surface area contributed by atoms with Gasteiger partial charge in [-0.25, -0.2) is 19.6 Å². The third-order valence-corrected chi connectivity index (χ3v) is 4.39. The van der Waals surface area contributed by atoms with Gasteiger partial charge in [0.05, 0.1) is 24.2 Å². The molecule has 1 aromatic carbocycles. The van der Waals surface area contributed by atoms with Crippen LogP contribution in [0.4, 0.5) is 10.6 Å². The summed E-state index contributed by atoms with van der Waals surface area (Å²) in [5.41, 5.74) is 0.655. The fourth-order valence-corrected chi connectivity index (χ4v) is 3.14. The first kappa shape index (κ1) is 20.6. The first-order chi connectivity index (χ1) is 13.7. The number of carbonyl (C=O) groups is 2. The average molecular weight is 402 g/mol. The fraction of sp³-hybridized carbons (Fsp3) is 0.500. The van der Waals surface area contributed by atoms with Gasteiger partial charge in [0, 0.05) is 13.1 Å². The number of anilines is 1. The fourth-order valence-electron chi connectivity index (χ4n) is 3.14. The Hall–Kier alpha value is -3.10. The predicted octanol–water partition coefficient (Wildman–Crippen LogP) is 2.54. The van der Waals surface area contributed by atoms with Gasteiger partial charge in [-0.3, -0.25) is 0 Å². The van der Waals surface area contributed by atoms with Crippen molar-refractivity contribution in [1.29, 1.82) is 0 Å². The average Bonchev–Trinajstić information content (AvgIpc) is 2.66. The molecule has 0 radical (unpaired) electrons. The first-order valence-corrected chi connectivity index (χ1v) is 9.56. The van der Waals surface area contributed by atoms with Crippen LogP contribution in [0.5, 0.6) is 5.88 Å². The number of rotatable bonds is 4. The Morgan fingerprint density at radius 1 is 1.17 bits per heavy atom. The van der Waals surface area contributed by atoms with Crippen LogP contribution in [0.2, 0.25) is 0 Å². The largest absolute Gasteiger partial charge is 0.480 e. The number of fused-ring (bicyclic) bond motifs is 1. The Labute approximate surface area is 169 Å². The summed E-state index contributed by atoms with van der Waals surface area (Å²) in [6, 6.07) is 6.34. The van der Waals surface area contributed by atoms with Crippen molar-refractivity contribution in [3.05, 3.63) is 24.3 Å². The van der Waals surface area contributed by atoms with Crippen molar-refractivity contribution in [1.82, 2.24) is 14.9 Å². The molecule has 1 aromatic heterocycles. The molecule has 1 saturated heterocycles. The SMILES string of the molecule is CCOc1nc2ccccc2nc1N1CCN(C(=O)OC(C)(C)C)CC1C(=O)O. The molecule has 0 spiro atoms. The van der Waals surface area contributed by atoms with Gasteiger partial charge in [0.15, 0.2) is 5.82 Å². The number of piperazine rings is 1. The highest BCUT2D eigenvalue weighted by Gasteiger charge is 2.38. The summed E-state index contributed by atoms with van der Waals surface area (Å²) in [6.45, 7) is 8.07. The van der Waals surface area contributed by atoms with Crippen LogP contribution in [0.15, 0.2) is 24.3 Å². The molecule has 1 unspecified atom stereocenters. The number of para-hydroxylation sites is 2. The number of carboxylic acid groups (broad SMARTS) is 1. The van der Waals surface area contributed by atoms with Crippen LogP contribution in [0.25, 0.3) is 11.0 Å². The van der Waals surface area contributed by atoms with E-state index >= 15 is 0 Å². The molecule has 3 rings (SSSR count). The van der Waals surface area contributed by atoms with Crippen molar-refractivity contribution in [2.24, 2.45) is 0 Å². The highest BCUT2D eigenvalue weighted by atomic mass is 16.6. The Morgan fingerprint density at radius 2 is 1.83 bits per heavy atom. The Balaban J connectivity index is 1.93. The van der Waals surface area contributed by atoms with E-state index in [4.69, 9.17) is 9.47 Å². The maximum atomic E-state index is 12.4. The zero-order valence-corrected chi connectivity index (χ0v) is 17.1. The second-order valence-electron chi connectivity index (χ2n) is 7.75. The first-order valence-electron chi connectivity index (χ1n) is 9.56. The zero-order valence-electron chi connectivity index (χ0n) is 17.1. The van der Waals surface area contributed by atoms with Crippen LogP contribution in [0, 0.1) is 0 Å². The van der Waals surface area contributed by atoms with E-state index in [1.54, 1.807) is 25.7 Å². The lowest BCUT2D eigenvalue weighted by atomic mass is 10.1. The van der Waals surface area contributed by atoms with E-state index < -0.39 is 23.7 Å². The Kier molecular flexibility index (Phi) is 5.76. The van der Waals surface area contributed by atoms with Gasteiger partial charge in [0.1, 0.15) is 11.6 Å². The lowest BCUT2D eigenvalue weighted by Crippen LogP contribution is -2.58. The van der Waals surface area contributed by atoms with Crippen LogP contribution >= 0.6 is 0 Å². The molecule has 1 aliphatic heterocycles. The number of aliphatic carboxylic acids is 1. The van der Waals surface area contributed by atoms with E-state index in [1.165, 1.54) is 4.90 Å². The smallest absolute Gasteiger partial charge is 0.410 e. The van der Waals surface area contributed by atoms with Crippen molar-refractivity contribution < 1.29 is 24.2 Å². The van der Waals surface area contributed by atoms with Crippen molar-refractivity contribution in [2.75, 3.05) is 31.1 Å². The van der Waals surface area contributed by atoms with Crippen LogP contribution in [-0.2, 0) is 9.53 Å². The summed E-state index contributed by atoms with van der Waals surface area (Å²) in [4.78, 5) is 36.6. The molecular weight excluding hydrogens is 376 g/mol. The van der Waals surface area contributed by atoms with Crippen LogP contribution in [0.1, 0.15) is 27.7 Å². The van der Waals surface area contributed by atoms with E-state index in [1.807, 2.05) is 31.2 Å². The monoisotopic (exact) mass is 402 g/mol. The number of benzene rings is 1. The lowest BCUT2D eigenvalue weighted by Gasteiger charge is -2.40. The van der Waals surface area contributed by atoms with Crippen LogP contribution in [0.3, 0.4) is 0 Å². The zero-order chi connectivity index (χ0) is 21.2. The molecule has 1 amide bonds. The maximum absolute atomic E-state index is 12.4. The van der Waals surface area contributed by atoms with Gasteiger partial charge < -0.3 is 24.4 Å². The minimum absolute atomic E-state index is 0.0235. The number of ether oxygens (including phenoxy) is 2. The summed E-state index contributed by atoms with van der Waals surface area (Å²) in [7, 11) is 0. The number of carboxylic acids is 1. The summed E-state index contributed by atoms with van der Waals surface area (Å²) in [6.07, 6.45) is -0.530. The minimum atomic E-state index is -1.06. The molecule has 0 aliphatic carbocycles. The van der Waals surface area contributed by atoms with Gasteiger partial charge in [-0.2, -0.15) is 0 Å². The molecule has 1 atom stereocenters. The Morgan fingerprint density at radius 3 is 2.41 bits per heavy atom. The highest BCUT2D eigenvalue weighted by Crippen LogP contribution is 2.30. The molecule has 29 heavy (non-hydrogen) atoms. The molecule has 2 aromatic rings. The molecule has 1 N–H and O–H groups in total. The van der Waals surface area contributed by atoms with Gasteiger partial charge in [-0.15, -0.1) is 0 Å². The van der Waals surface area contributed by atoms with Gasteiger partial charge in [0.2, 0.25) is 0 Å². The van der Waals surface area contributed by atoms with Crippen molar-refractivity contribution in [2.45, 2.75) is 39.3 Å². The molecule has 156 valence electrons. The quantitative estimate of drug-likeness (QED) is 0.832. The summed E-state index contributed by atoms with van der Waals surface area (Å²) >= 11 is 0. The number of hydrogen-bond donors (Lipinski definition) is 1. The molecule has 9 nitrogen and oxygen atoms in total. The van der Waals surface area contributed by atoms with E-state index in [9.17, 15) is 14.7 Å². The maximum Gasteiger partial charge on any atom is 0.410 e. The van der Waals surface area contributed by atoms with Gasteiger partial charge in [-0.1, -0.05) is 12.1 Å². The molecule has 0 bridgehead atoms. The highest BCUT2D eigenvalue weighted by molar-refractivity contribution is 5.83. The van der Waals surface area contributed by atoms with Gasteiger partial charge in [-0.05, 0) is 39.8 Å². The van der Waals surface area contributed by atoms with E-state index in [0.29, 0.717) is 30.0 Å². The van der Waals surface area contributed by atoms with Gasteiger partial charge >= 0.3 is 12.1 Å². The lowest BCUT2D eigenvalue weighted by molar-refractivity contribution is -0.139. The van der Waals surface area contributed by atoms with Crippen molar-refractivity contribution in [3.63, 3.8) is 0 Å². The van der Waals surface area contributed by atoms with E-state index in [0.717, 1.165) is 0 Å². The number of carbonyl (C=O) groups excluding carboxylic acids is 1.